The molecular formula is C15H27N3O. The molecule has 0 aromatic carbocycles. The maximum atomic E-state index is 5.87. The molecule has 0 unspecified atom stereocenters. The highest BCUT2D eigenvalue weighted by Crippen LogP contribution is 2.12. The largest absolute Gasteiger partial charge is 0.463 e. The normalized spacial score (nSPS) is 18.3. The SMILES string of the molecule is CCN1CCN(Cc2ccc(CNC(C)C)o2)CC1. The van der Waals surface area contributed by atoms with Crippen molar-refractivity contribution >= 4 is 0 Å². The van der Waals surface area contributed by atoms with E-state index in [1.165, 1.54) is 19.6 Å². The van der Waals surface area contributed by atoms with Gasteiger partial charge in [0.1, 0.15) is 11.5 Å². The van der Waals surface area contributed by atoms with Crippen LogP contribution in [0.4, 0.5) is 0 Å². The Labute approximate surface area is 116 Å². The zero-order chi connectivity index (χ0) is 13.7. The Morgan fingerprint density at radius 1 is 1.11 bits per heavy atom. The maximum absolute atomic E-state index is 5.87. The van der Waals surface area contributed by atoms with Crippen molar-refractivity contribution < 1.29 is 4.42 Å². The van der Waals surface area contributed by atoms with Gasteiger partial charge in [-0.15, -0.1) is 0 Å². The van der Waals surface area contributed by atoms with E-state index < -0.39 is 0 Å². The molecule has 19 heavy (non-hydrogen) atoms. The predicted molar refractivity (Wildman–Crippen MR) is 78.1 cm³/mol. The first-order valence-corrected chi connectivity index (χ1v) is 7.43. The molecule has 0 radical (unpaired) electrons. The molecule has 2 heterocycles. The van der Waals surface area contributed by atoms with E-state index in [2.05, 4.69) is 48.0 Å². The van der Waals surface area contributed by atoms with Crippen molar-refractivity contribution in [3.8, 4) is 0 Å². The number of piperazine rings is 1. The maximum Gasteiger partial charge on any atom is 0.118 e. The summed E-state index contributed by atoms with van der Waals surface area (Å²) < 4.78 is 5.87. The second kappa shape index (κ2) is 7.08. The van der Waals surface area contributed by atoms with Crippen LogP contribution in [-0.4, -0.2) is 48.6 Å². The summed E-state index contributed by atoms with van der Waals surface area (Å²) in [7, 11) is 0. The van der Waals surface area contributed by atoms with Crippen LogP contribution in [0.25, 0.3) is 0 Å². The Morgan fingerprint density at radius 3 is 2.37 bits per heavy atom. The van der Waals surface area contributed by atoms with Crippen LogP contribution in [0.15, 0.2) is 16.5 Å². The molecule has 2 rings (SSSR count). The fourth-order valence-corrected chi connectivity index (χ4v) is 2.39. The molecule has 0 spiro atoms. The summed E-state index contributed by atoms with van der Waals surface area (Å²) in [6.45, 7) is 14.1. The lowest BCUT2D eigenvalue weighted by molar-refractivity contribution is 0.125. The van der Waals surface area contributed by atoms with Crippen LogP contribution in [0, 0.1) is 0 Å². The third-order valence-corrected chi connectivity index (χ3v) is 3.69. The second-order valence-corrected chi connectivity index (χ2v) is 5.61. The molecule has 4 heteroatoms. The van der Waals surface area contributed by atoms with Gasteiger partial charge in [-0.3, -0.25) is 4.90 Å². The van der Waals surface area contributed by atoms with Crippen molar-refractivity contribution in [3.05, 3.63) is 23.7 Å². The minimum Gasteiger partial charge on any atom is -0.463 e. The fraction of sp³-hybridized carbons (Fsp3) is 0.733. The second-order valence-electron chi connectivity index (χ2n) is 5.61. The average molecular weight is 265 g/mol. The topological polar surface area (TPSA) is 31.6 Å². The highest BCUT2D eigenvalue weighted by atomic mass is 16.3. The minimum atomic E-state index is 0.496. The molecule has 0 bridgehead atoms. The van der Waals surface area contributed by atoms with Gasteiger partial charge in [0.25, 0.3) is 0 Å². The highest BCUT2D eigenvalue weighted by Gasteiger charge is 2.16. The van der Waals surface area contributed by atoms with E-state index in [9.17, 15) is 0 Å². The van der Waals surface area contributed by atoms with Crippen molar-refractivity contribution in [2.75, 3.05) is 32.7 Å². The summed E-state index contributed by atoms with van der Waals surface area (Å²) in [6.07, 6.45) is 0. The Morgan fingerprint density at radius 2 is 1.74 bits per heavy atom. The molecule has 0 atom stereocenters. The van der Waals surface area contributed by atoms with Gasteiger partial charge in [-0.1, -0.05) is 20.8 Å². The summed E-state index contributed by atoms with van der Waals surface area (Å²) in [5.74, 6) is 2.13. The molecule has 1 saturated heterocycles. The van der Waals surface area contributed by atoms with E-state index >= 15 is 0 Å². The molecule has 4 nitrogen and oxygen atoms in total. The zero-order valence-corrected chi connectivity index (χ0v) is 12.5. The lowest BCUT2D eigenvalue weighted by Crippen LogP contribution is -2.45. The van der Waals surface area contributed by atoms with Gasteiger partial charge >= 0.3 is 0 Å². The number of hydrogen-bond donors (Lipinski definition) is 1. The number of nitrogens with zero attached hydrogens (tertiary/aromatic N) is 2. The molecule has 1 aliphatic heterocycles. The van der Waals surface area contributed by atoms with Crippen LogP contribution in [0.1, 0.15) is 32.3 Å². The Bertz CT molecular complexity index is 367. The molecule has 0 saturated carbocycles. The number of hydrogen-bond acceptors (Lipinski definition) is 4. The van der Waals surface area contributed by atoms with Crippen LogP contribution in [0.5, 0.6) is 0 Å². The first-order valence-electron chi connectivity index (χ1n) is 7.43. The third-order valence-electron chi connectivity index (χ3n) is 3.69. The summed E-state index contributed by atoms with van der Waals surface area (Å²) in [5, 5.41) is 3.38. The first kappa shape index (κ1) is 14.6. The van der Waals surface area contributed by atoms with Gasteiger partial charge in [-0.25, -0.2) is 0 Å². The number of furan rings is 1. The molecule has 1 aromatic heterocycles. The van der Waals surface area contributed by atoms with Gasteiger partial charge in [-0.05, 0) is 18.7 Å². The molecule has 0 amide bonds. The van der Waals surface area contributed by atoms with Crippen molar-refractivity contribution in [1.29, 1.82) is 0 Å². The average Bonchev–Trinajstić information content (AvgIpc) is 2.85. The van der Waals surface area contributed by atoms with Crippen molar-refractivity contribution in [2.45, 2.75) is 39.9 Å². The first-order chi connectivity index (χ1) is 9.17. The molecular weight excluding hydrogens is 238 g/mol. The molecule has 108 valence electrons. The monoisotopic (exact) mass is 265 g/mol. The van der Waals surface area contributed by atoms with Crippen LogP contribution in [0.3, 0.4) is 0 Å². The van der Waals surface area contributed by atoms with Gasteiger partial charge in [-0.2, -0.15) is 0 Å². The quantitative estimate of drug-likeness (QED) is 0.851. The van der Waals surface area contributed by atoms with Crippen LogP contribution in [0.2, 0.25) is 0 Å². The molecule has 1 aromatic rings. The van der Waals surface area contributed by atoms with E-state index in [4.69, 9.17) is 4.42 Å². The van der Waals surface area contributed by atoms with Crippen LogP contribution < -0.4 is 5.32 Å². The van der Waals surface area contributed by atoms with Crippen molar-refractivity contribution in [1.82, 2.24) is 15.1 Å². The number of rotatable bonds is 6. The lowest BCUT2D eigenvalue weighted by Gasteiger charge is -2.33. The number of nitrogens with one attached hydrogen (secondary N) is 1. The predicted octanol–water partition coefficient (Wildman–Crippen LogP) is 1.92. The number of likely N-dealkylation sites (N-methyl/N-ethyl adjacent to an activating group) is 1. The van der Waals surface area contributed by atoms with Crippen LogP contribution >= 0.6 is 0 Å². The van der Waals surface area contributed by atoms with Crippen molar-refractivity contribution in [2.24, 2.45) is 0 Å². The van der Waals surface area contributed by atoms with Gasteiger partial charge in [0.05, 0.1) is 13.1 Å². The van der Waals surface area contributed by atoms with E-state index in [-0.39, 0.29) is 0 Å². The van der Waals surface area contributed by atoms with Gasteiger partial charge in [0, 0.05) is 32.2 Å². The third kappa shape index (κ3) is 4.64. The minimum absolute atomic E-state index is 0.496. The summed E-state index contributed by atoms with van der Waals surface area (Å²) in [4.78, 5) is 4.97. The molecule has 1 aliphatic rings. The molecule has 1 N–H and O–H groups in total. The Hall–Kier alpha value is -0.840. The van der Waals surface area contributed by atoms with E-state index in [0.29, 0.717) is 6.04 Å². The van der Waals surface area contributed by atoms with Gasteiger partial charge in [0.2, 0.25) is 0 Å². The Kier molecular flexibility index (Phi) is 5.43. The zero-order valence-electron chi connectivity index (χ0n) is 12.5. The summed E-state index contributed by atoms with van der Waals surface area (Å²) >= 11 is 0. The standard InChI is InChI=1S/C15H27N3O/c1-4-17-7-9-18(10-8-17)12-15-6-5-14(19-15)11-16-13(2)3/h5-6,13,16H,4,7-12H2,1-3H3. The fourth-order valence-electron chi connectivity index (χ4n) is 2.39. The highest BCUT2D eigenvalue weighted by molar-refractivity contribution is 5.07. The van der Waals surface area contributed by atoms with Crippen molar-refractivity contribution in [3.63, 3.8) is 0 Å². The van der Waals surface area contributed by atoms with Crippen LogP contribution in [-0.2, 0) is 13.1 Å². The summed E-state index contributed by atoms with van der Waals surface area (Å²) in [6, 6.07) is 4.70. The lowest BCUT2D eigenvalue weighted by atomic mass is 10.3. The van der Waals surface area contributed by atoms with Gasteiger partial charge in [0.15, 0.2) is 0 Å². The molecule has 1 fully saturated rings. The van der Waals surface area contributed by atoms with E-state index in [0.717, 1.165) is 37.7 Å². The van der Waals surface area contributed by atoms with Gasteiger partial charge < -0.3 is 14.6 Å². The summed E-state index contributed by atoms with van der Waals surface area (Å²) in [5.41, 5.74) is 0. The smallest absolute Gasteiger partial charge is 0.118 e. The van der Waals surface area contributed by atoms with E-state index in [1.54, 1.807) is 0 Å². The molecule has 0 aliphatic carbocycles. The Balaban J connectivity index is 1.77. The van der Waals surface area contributed by atoms with E-state index in [1.807, 2.05) is 0 Å².